The predicted molar refractivity (Wildman–Crippen MR) is 176 cm³/mol. The molecule has 0 radical (unpaired) electrons. The molecule has 0 aromatic rings. The molecular weight excluding hydrogens is 492 g/mol. The highest BCUT2D eigenvalue weighted by Gasteiger charge is 2.15. The van der Waals surface area contributed by atoms with Crippen LogP contribution >= 0.6 is 23.7 Å². The molecule has 0 heterocycles. The SMILES string of the molecule is C[Si](C)(Cl)CCCCCCCCCCCCCCCCCCCCCCCCCCCCCCCS. The van der Waals surface area contributed by atoms with E-state index in [1.807, 2.05) is 0 Å². The molecular formula is C33H69ClSSi. The highest BCUT2D eigenvalue weighted by molar-refractivity contribution is 7.80. The largest absolute Gasteiger partial charge is 0.179 e. The lowest BCUT2D eigenvalue weighted by molar-refractivity contribution is 0.514. The van der Waals surface area contributed by atoms with E-state index in [1.165, 1.54) is 192 Å². The molecule has 36 heavy (non-hydrogen) atoms. The molecule has 0 fully saturated rings. The molecule has 0 nitrogen and oxygen atoms in total. The van der Waals surface area contributed by atoms with Gasteiger partial charge in [-0.05, 0) is 18.2 Å². The summed E-state index contributed by atoms with van der Waals surface area (Å²) in [6, 6.07) is 1.30. The van der Waals surface area contributed by atoms with Gasteiger partial charge >= 0.3 is 0 Å². The lowest BCUT2D eigenvalue weighted by atomic mass is 10.0. The van der Waals surface area contributed by atoms with E-state index in [4.69, 9.17) is 11.1 Å². The van der Waals surface area contributed by atoms with Crippen molar-refractivity contribution in [3.63, 3.8) is 0 Å². The molecule has 0 saturated carbocycles. The van der Waals surface area contributed by atoms with Crippen LogP contribution in [0.4, 0.5) is 0 Å². The Morgan fingerprint density at radius 3 is 0.667 bits per heavy atom. The van der Waals surface area contributed by atoms with E-state index in [9.17, 15) is 0 Å². The van der Waals surface area contributed by atoms with Gasteiger partial charge in [0.25, 0.3) is 0 Å². The first-order valence-corrected chi connectivity index (χ1v) is 21.7. The van der Waals surface area contributed by atoms with Crippen LogP contribution in [-0.4, -0.2) is 13.1 Å². The predicted octanol–water partition coefficient (Wildman–Crippen LogP) is 13.7. The first-order valence-electron chi connectivity index (χ1n) is 16.9. The average Bonchev–Trinajstić information content (AvgIpc) is 2.84. The maximum Gasteiger partial charge on any atom is 0.150 e. The lowest BCUT2D eigenvalue weighted by Gasteiger charge is -2.11. The van der Waals surface area contributed by atoms with E-state index in [0.29, 0.717) is 0 Å². The third kappa shape index (κ3) is 34.9. The van der Waals surface area contributed by atoms with E-state index in [0.717, 1.165) is 5.75 Å². The molecule has 0 N–H and O–H groups in total. The molecule has 0 aromatic carbocycles. The molecule has 0 spiro atoms. The van der Waals surface area contributed by atoms with Crippen molar-refractivity contribution >= 4 is 31.1 Å². The first kappa shape index (κ1) is 36.9. The molecule has 0 saturated heterocycles. The van der Waals surface area contributed by atoms with E-state index in [1.54, 1.807) is 0 Å². The van der Waals surface area contributed by atoms with Crippen LogP contribution in [0.3, 0.4) is 0 Å². The number of hydrogen-bond donors (Lipinski definition) is 1. The van der Waals surface area contributed by atoms with E-state index < -0.39 is 7.38 Å². The molecule has 0 aliphatic heterocycles. The smallest absolute Gasteiger partial charge is 0.150 e. The Balaban J connectivity index is 3.03. The van der Waals surface area contributed by atoms with Crippen molar-refractivity contribution in [3.05, 3.63) is 0 Å². The van der Waals surface area contributed by atoms with Gasteiger partial charge in [-0.2, -0.15) is 23.7 Å². The lowest BCUT2D eigenvalue weighted by Crippen LogP contribution is -2.14. The summed E-state index contributed by atoms with van der Waals surface area (Å²) in [6.07, 6.45) is 42.3. The third-order valence-corrected chi connectivity index (χ3v) is 10.4. The Morgan fingerprint density at radius 1 is 0.333 bits per heavy atom. The van der Waals surface area contributed by atoms with Gasteiger partial charge in [-0.3, -0.25) is 0 Å². The Hall–Kier alpha value is 0.857. The highest BCUT2D eigenvalue weighted by atomic mass is 35.6. The van der Waals surface area contributed by atoms with Crippen molar-refractivity contribution in [1.29, 1.82) is 0 Å². The molecule has 0 aliphatic rings. The Labute approximate surface area is 241 Å². The zero-order valence-electron chi connectivity index (χ0n) is 25.2. The van der Waals surface area contributed by atoms with E-state index >= 15 is 0 Å². The van der Waals surface area contributed by atoms with Crippen LogP contribution in [0.1, 0.15) is 186 Å². The van der Waals surface area contributed by atoms with Crippen LogP contribution < -0.4 is 0 Å². The summed E-state index contributed by atoms with van der Waals surface area (Å²) in [5.41, 5.74) is 0. The highest BCUT2D eigenvalue weighted by Crippen LogP contribution is 2.20. The Kier molecular flexibility index (Phi) is 31.1. The minimum atomic E-state index is -1.31. The zero-order chi connectivity index (χ0) is 26.4. The van der Waals surface area contributed by atoms with Crippen LogP contribution in [0.5, 0.6) is 0 Å². The maximum absolute atomic E-state index is 6.39. The molecule has 0 rings (SSSR count). The van der Waals surface area contributed by atoms with Crippen molar-refractivity contribution in [2.75, 3.05) is 5.75 Å². The van der Waals surface area contributed by atoms with E-state index in [2.05, 4.69) is 25.7 Å². The standard InChI is InChI=1S/C33H69ClSSi/c1-36(2,34)33-31-29-27-25-23-21-19-17-15-13-11-9-7-5-3-4-6-8-10-12-14-16-18-20-22-24-26-28-30-32-35/h35H,3-33H2,1-2H3. The van der Waals surface area contributed by atoms with Crippen LogP contribution in [0.25, 0.3) is 0 Å². The third-order valence-electron chi connectivity index (χ3n) is 7.93. The van der Waals surface area contributed by atoms with Gasteiger partial charge in [0.05, 0.1) is 0 Å². The minimum absolute atomic E-state index is 1.07. The monoisotopic (exact) mass is 560 g/mol. The summed E-state index contributed by atoms with van der Waals surface area (Å²) < 4.78 is 0. The average molecular weight is 562 g/mol. The quantitative estimate of drug-likeness (QED) is 0.0370. The van der Waals surface area contributed by atoms with Gasteiger partial charge in [-0.15, -0.1) is 0 Å². The summed E-state index contributed by atoms with van der Waals surface area (Å²) in [5.74, 6) is 1.07. The number of halogens is 1. The van der Waals surface area contributed by atoms with E-state index in [-0.39, 0.29) is 0 Å². The van der Waals surface area contributed by atoms with Gasteiger partial charge < -0.3 is 0 Å². The second kappa shape index (κ2) is 30.4. The van der Waals surface area contributed by atoms with Gasteiger partial charge in [0.1, 0.15) is 7.38 Å². The van der Waals surface area contributed by atoms with Gasteiger partial charge in [0, 0.05) is 0 Å². The van der Waals surface area contributed by atoms with Gasteiger partial charge in [0.15, 0.2) is 0 Å². The molecule has 0 atom stereocenters. The van der Waals surface area contributed by atoms with Crippen molar-refractivity contribution < 1.29 is 0 Å². The number of hydrogen-bond acceptors (Lipinski definition) is 1. The first-order chi connectivity index (χ1) is 17.6. The van der Waals surface area contributed by atoms with Crippen LogP contribution in [-0.2, 0) is 0 Å². The fourth-order valence-electron chi connectivity index (χ4n) is 5.43. The molecule has 0 unspecified atom stereocenters. The van der Waals surface area contributed by atoms with Crippen molar-refractivity contribution in [3.8, 4) is 0 Å². The second-order valence-electron chi connectivity index (χ2n) is 12.4. The van der Waals surface area contributed by atoms with Crippen LogP contribution in [0.15, 0.2) is 0 Å². The number of thiol groups is 1. The molecule has 0 bridgehead atoms. The molecule has 218 valence electrons. The van der Waals surface area contributed by atoms with Crippen LogP contribution in [0, 0.1) is 0 Å². The summed E-state index contributed by atoms with van der Waals surface area (Å²) in [5, 5.41) is 0. The maximum atomic E-state index is 6.39. The Morgan fingerprint density at radius 2 is 0.500 bits per heavy atom. The number of rotatable bonds is 31. The molecule has 0 amide bonds. The summed E-state index contributed by atoms with van der Waals surface area (Å²) >= 11 is 10.7. The zero-order valence-corrected chi connectivity index (χ0v) is 27.9. The molecule has 0 aromatic heterocycles. The summed E-state index contributed by atoms with van der Waals surface area (Å²) in [7, 11) is -1.31. The second-order valence-corrected chi connectivity index (χ2v) is 19.9. The summed E-state index contributed by atoms with van der Waals surface area (Å²) in [4.78, 5) is 0. The molecule has 3 heteroatoms. The van der Waals surface area contributed by atoms with Gasteiger partial charge in [0.2, 0.25) is 0 Å². The Bertz CT molecular complexity index is 396. The van der Waals surface area contributed by atoms with Crippen molar-refractivity contribution in [1.82, 2.24) is 0 Å². The molecule has 0 aliphatic carbocycles. The fraction of sp³-hybridized carbons (Fsp3) is 1.00. The summed E-state index contributed by atoms with van der Waals surface area (Å²) in [6.45, 7) is 4.55. The van der Waals surface area contributed by atoms with Crippen LogP contribution in [0.2, 0.25) is 19.1 Å². The van der Waals surface area contributed by atoms with Gasteiger partial charge in [-0.1, -0.05) is 193 Å². The van der Waals surface area contributed by atoms with Gasteiger partial charge in [-0.25, -0.2) is 0 Å². The normalized spacial score (nSPS) is 12.0. The number of unbranched alkanes of at least 4 members (excludes halogenated alkanes) is 28. The van der Waals surface area contributed by atoms with Crippen molar-refractivity contribution in [2.24, 2.45) is 0 Å². The van der Waals surface area contributed by atoms with Crippen molar-refractivity contribution in [2.45, 2.75) is 205 Å². The fourth-order valence-corrected chi connectivity index (χ4v) is 7.15. The topological polar surface area (TPSA) is 0 Å². The minimum Gasteiger partial charge on any atom is -0.179 e.